The molecule has 0 aromatic heterocycles. The second-order valence-electron chi connectivity index (χ2n) is 9.24. The van der Waals surface area contributed by atoms with Gasteiger partial charge in [-0.1, -0.05) is 30.3 Å². The van der Waals surface area contributed by atoms with E-state index in [1.807, 2.05) is 40.1 Å². The van der Waals surface area contributed by atoms with Crippen LogP contribution < -0.4 is 0 Å². The van der Waals surface area contributed by atoms with E-state index in [-0.39, 0.29) is 35.3 Å². The summed E-state index contributed by atoms with van der Waals surface area (Å²) in [5.74, 6) is 0.402. The Bertz CT molecular complexity index is 848. The second kappa shape index (κ2) is 10.3. The minimum Gasteiger partial charge on any atom is -0.343 e. The van der Waals surface area contributed by atoms with Crippen molar-refractivity contribution in [2.45, 2.75) is 44.9 Å². The van der Waals surface area contributed by atoms with Gasteiger partial charge in [-0.2, -0.15) is 0 Å². The van der Waals surface area contributed by atoms with Gasteiger partial charge in [0.25, 0.3) is 0 Å². The largest absolute Gasteiger partial charge is 0.343 e. The summed E-state index contributed by atoms with van der Waals surface area (Å²) < 4.78 is 0. The van der Waals surface area contributed by atoms with Crippen LogP contribution in [0.2, 0.25) is 0 Å². The number of carbonyl (C=O) groups is 4. The van der Waals surface area contributed by atoms with Gasteiger partial charge in [0.05, 0.1) is 5.92 Å². The number of carbonyl (C=O) groups excluding carboxylic acids is 4. The number of likely N-dealkylation sites (tertiary alicyclic amines) is 3. The second-order valence-corrected chi connectivity index (χ2v) is 9.24. The first-order valence-corrected chi connectivity index (χ1v) is 12.0. The van der Waals surface area contributed by atoms with Gasteiger partial charge in [0.2, 0.25) is 17.7 Å². The van der Waals surface area contributed by atoms with E-state index in [1.165, 1.54) is 0 Å². The summed E-state index contributed by atoms with van der Waals surface area (Å²) in [6.45, 7) is 3.77. The van der Waals surface area contributed by atoms with E-state index >= 15 is 0 Å². The molecule has 0 saturated carbocycles. The molecule has 3 heterocycles. The van der Waals surface area contributed by atoms with Crippen molar-refractivity contribution in [1.82, 2.24) is 14.7 Å². The molecule has 0 aliphatic carbocycles. The Hall–Kier alpha value is -2.70. The van der Waals surface area contributed by atoms with E-state index in [1.54, 1.807) is 4.90 Å². The first kappa shape index (κ1) is 22.5. The molecule has 3 fully saturated rings. The summed E-state index contributed by atoms with van der Waals surface area (Å²) in [7, 11) is 0. The van der Waals surface area contributed by atoms with E-state index in [2.05, 4.69) is 0 Å². The first-order chi connectivity index (χ1) is 15.5. The van der Waals surface area contributed by atoms with E-state index in [0.29, 0.717) is 64.8 Å². The highest BCUT2D eigenvalue weighted by Crippen LogP contribution is 2.26. The number of hydrogen-bond acceptors (Lipinski definition) is 4. The van der Waals surface area contributed by atoms with Gasteiger partial charge in [0.15, 0.2) is 5.78 Å². The molecular weight excluding hydrogens is 406 g/mol. The lowest BCUT2D eigenvalue weighted by molar-refractivity contribution is -0.144. The van der Waals surface area contributed by atoms with Crippen molar-refractivity contribution >= 4 is 23.5 Å². The Balaban J connectivity index is 1.24. The summed E-state index contributed by atoms with van der Waals surface area (Å²) in [4.78, 5) is 55.5. The Morgan fingerprint density at radius 3 is 2.19 bits per heavy atom. The SMILES string of the molecule is O=C(c1ccccc1)C1CCN(C(=O)[C@H]2CCC(=O)N(CCCN3CCCC3=O)C2)CC1. The average Bonchev–Trinajstić information content (AvgIpc) is 3.24. The van der Waals surface area contributed by atoms with Crippen LogP contribution in [0.5, 0.6) is 0 Å². The maximum absolute atomic E-state index is 13.1. The molecule has 0 unspecified atom stereocenters. The van der Waals surface area contributed by atoms with Crippen molar-refractivity contribution in [3.8, 4) is 0 Å². The van der Waals surface area contributed by atoms with Crippen molar-refractivity contribution in [3.05, 3.63) is 35.9 Å². The molecule has 3 amide bonds. The molecule has 4 rings (SSSR count). The van der Waals surface area contributed by atoms with E-state index in [9.17, 15) is 19.2 Å². The van der Waals surface area contributed by atoms with Crippen molar-refractivity contribution in [1.29, 1.82) is 0 Å². The van der Waals surface area contributed by atoms with Crippen LogP contribution in [0.25, 0.3) is 0 Å². The molecule has 0 radical (unpaired) electrons. The van der Waals surface area contributed by atoms with E-state index < -0.39 is 0 Å². The van der Waals surface area contributed by atoms with Gasteiger partial charge in [0, 0.05) is 63.6 Å². The Kier molecular flexibility index (Phi) is 7.22. The highest BCUT2D eigenvalue weighted by Gasteiger charge is 2.35. The van der Waals surface area contributed by atoms with Crippen LogP contribution in [-0.2, 0) is 14.4 Å². The molecule has 7 nitrogen and oxygen atoms in total. The predicted molar refractivity (Wildman–Crippen MR) is 120 cm³/mol. The molecule has 7 heteroatoms. The molecule has 32 heavy (non-hydrogen) atoms. The van der Waals surface area contributed by atoms with Crippen LogP contribution in [0.1, 0.15) is 55.3 Å². The minimum atomic E-state index is -0.164. The van der Waals surface area contributed by atoms with Crippen molar-refractivity contribution in [3.63, 3.8) is 0 Å². The number of nitrogens with zero attached hydrogens (tertiary/aromatic N) is 3. The highest BCUT2D eigenvalue weighted by molar-refractivity contribution is 5.98. The Morgan fingerprint density at radius 2 is 1.50 bits per heavy atom. The first-order valence-electron chi connectivity index (χ1n) is 12.0. The minimum absolute atomic E-state index is 0.0285. The van der Waals surface area contributed by atoms with Gasteiger partial charge in [-0.05, 0) is 32.1 Å². The van der Waals surface area contributed by atoms with Crippen LogP contribution in [0, 0.1) is 11.8 Å². The van der Waals surface area contributed by atoms with Crippen molar-refractivity contribution < 1.29 is 19.2 Å². The average molecular weight is 440 g/mol. The van der Waals surface area contributed by atoms with Crippen LogP contribution in [0.15, 0.2) is 30.3 Å². The van der Waals surface area contributed by atoms with Gasteiger partial charge in [0.1, 0.15) is 0 Å². The molecule has 1 aromatic rings. The van der Waals surface area contributed by atoms with Crippen LogP contribution >= 0.6 is 0 Å². The fraction of sp³-hybridized carbons (Fsp3) is 0.600. The molecular formula is C25H33N3O4. The smallest absolute Gasteiger partial charge is 0.227 e. The quantitative estimate of drug-likeness (QED) is 0.611. The fourth-order valence-electron chi connectivity index (χ4n) is 5.18. The summed E-state index contributed by atoms with van der Waals surface area (Å²) in [6.07, 6.45) is 4.70. The van der Waals surface area contributed by atoms with E-state index in [4.69, 9.17) is 0 Å². The van der Waals surface area contributed by atoms with Gasteiger partial charge < -0.3 is 14.7 Å². The summed E-state index contributed by atoms with van der Waals surface area (Å²) >= 11 is 0. The number of amides is 3. The third-order valence-electron chi connectivity index (χ3n) is 7.11. The molecule has 0 N–H and O–H groups in total. The number of hydrogen-bond donors (Lipinski definition) is 0. The number of benzene rings is 1. The monoisotopic (exact) mass is 439 g/mol. The van der Waals surface area contributed by atoms with Crippen LogP contribution in [-0.4, -0.2) is 77.5 Å². The third-order valence-corrected chi connectivity index (χ3v) is 7.11. The number of ketones is 1. The summed E-state index contributed by atoms with van der Waals surface area (Å²) in [5.41, 5.74) is 0.745. The van der Waals surface area contributed by atoms with Gasteiger partial charge in [-0.15, -0.1) is 0 Å². The molecule has 172 valence electrons. The Morgan fingerprint density at radius 1 is 0.812 bits per heavy atom. The fourth-order valence-corrected chi connectivity index (χ4v) is 5.18. The number of rotatable bonds is 7. The normalized spacial score (nSPS) is 22.5. The van der Waals surface area contributed by atoms with Gasteiger partial charge in [-0.3, -0.25) is 19.2 Å². The molecule has 0 bridgehead atoms. The zero-order valence-corrected chi connectivity index (χ0v) is 18.7. The molecule has 3 aliphatic rings. The molecule has 1 atom stereocenters. The van der Waals surface area contributed by atoms with Crippen molar-refractivity contribution in [2.75, 3.05) is 39.3 Å². The molecule has 1 aromatic carbocycles. The van der Waals surface area contributed by atoms with Gasteiger partial charge >= 0.3 is 0 Å². The standard InChI is InChI=1S/C25H33N3O4/c29-22-8-4-13-26(22)14-5-15-28-18-21(9-10-23(28)30)25(32)27-16-11-20(12-17-27)24(31)19-6-2-1-3-7-19/h1-3,6-7,20-21H,4-5,8-18H2/t21-/m0/s1. The van der Waals surface area contributed by atoms with Crippen molar-refractivity contribution in [2.24, 2.45) is 11.8 Å². The molecule has 3 saturated heterocycles. The van der Waals surface area contributed by atoms with Crippen LogP contribution in [0.4, 0.5) is 0 Å². The Labute approximate surface area is 189 Å². The maximum atomic E-state index is 13.1. The predicted octanol–water partition coefficient (Wildman–Crippen LogP) is 2.36. The lowest BCUT2D eigenvalue weighted by Crippen LogP contribution is -2.49. The van der Waals surface area contributed by atoms with E-state index in [0.717, 1.165) is 24.9 Å². The summed E-state index contributed by atoms with van der Waals surface area (Å²) in [6, 6.07) is 9.37. The lowest BCUT2D eigenvalue weighted by Gasteiger charge is -2.37. The van der Waals surface area contributed by atoms with Gasteiger partial charge in [-0.25, -0.2) is 0 Å². The zero-order valence-electron chi connectivity index (χ0n) is 18.7. The molecule has 0 spiro atoms. The highest BCUT2D eigenvalue weighted by atomic mass is 16.2. The van der Waals surface area contributed by atoms with Crippen LogP contribution in [0.3, 0.4) is 0 Å². The number of piperidine rings is 2. The zero-order chi connectivity index (χ0) is 22.5. The molecule has 3 aliphatic heterocycles. The number of Topliss-reactive ketones (excluding diaryl/α,β-unsaturated/α-hetero) is 1. The maximum Gasteiger partial charge on any atom is 0.227 e. The lowest BCUT2D eigenvalue weighted by atomic mass is 9.88. The topological polar surface area (TPSA) is 78.0 Å². The summed E-state index contributed by atoms with van der Waals surface area (Å²) in [5, 5.41) is 0. The third kappa shape index (κ3) is 5.19.